The maximum atomic E-state index is 13.3. The fourth-order valence-corrected chi connectivity index (χ4v) is 5.04. The summed E-state index contributed by atoms with van der Waals surface area (Å²) >= 11 is 0. The van der Waals surface area contributed by atoms with E-state index >= 15 is 0 Å². The molecular weight excluding hydrogens is 462 g/mol. The number of hydrogen-bond donors (Lipinski definition) is 2. The molecule has 3 heterocycles. The van der Waals surface area contributed by atoms with Gasteiger partial charge < -0.3 is 24.5 Å². The second-order valence-electron chi connectivity index (χ2n) is 9.33. The second kappa shape index (κ2) is 10.7. The van der Waals surface area contributed by atoms with E-state index in [2.05, 4.69) is 9.88 Å². The molecule has 2 aliphatic heterocycles. The van der Waals surface area contributed by atoms with Gasteiger partial charge in [0, 0.05) is 37.4 Å². The molecule has 36 heavy (non-hydrogen) atoms. The lowest BCUT2D eigenvalue weighted by Gasteiger charge is -2.29. The third-order valence-corrected chi connectivity index (χ3v) is 6.97. The predicted molar refractivity (Wildman–Crippen MR) is 134 cm³/mol. The van der Waals surface area contributed by atoms with Gasteiger partial charge in [0.25, 0.3) is 11.7 Å². The van der Waals surface area contributed by atoms with E-state index in [1.54, 1.807) is 18.7 Å². The van der Waals surface area contributed by atoms with E-state index in [9.17, 15) is 19.5 Å². The summed E-state index contributed by atoms with van der Waals surface area (Å²) in [5.41, 5.74) is 3.30. The molecule has 9 nitrogen and oxygen atoms in total. The van der Waals surface area contributed by atoms with Crippen LogP contribution in [0.5, 0.6) is 0 Å². The molecule has 0 spiro atoms. The van der Waals surface area contributed by atoms with Crippen LogP contribution < -0.4 is 0 Å². The van der Waals surface area contributed by atoms with Crippen molar-refractivity contribution in [2.45, 2.75) is 33.2 Å². The molecule has 0 aliphatic carbocycles. The number of nitrogens with zero attached hydrogens (tertiary/aromatic N) is 2. The van der Waals surface area contributed by atoms with Gasteiger partial charge in [0.15, 0.2) is 0 Å². The number of likely N-dealkylation sites (tertiary alicyclic amines) is 1. The fraction of sp³-hybridized carbons (Fsp3) is 0.444. The SMILES string of the molecule is COC(=O)c1[nH]c(C)c(C(O)=C2C(=O)C(=O)N(CCCN3CCOCC3)[C@H]2c2ccc(C)cc2)c1C. The maximum absolute atomic E-state index is 13.3. The molecule has 2 aliphatic rings. The number of carbonyl (C=O) groups is 3. The Balaban J connectivity index is 1.74. The van der Waals surface area contributed by atoms with Crippen molar-refractivity contribution in [1.82, 2.24) is 14.8 Å². The van der Waals surface area contributed by atoms with Crippen LogP contribution in [-0.2, 0) is 19.1 Å². The van der Waals surface area contributed by atoms with Crippen molar-refractivity contribution < 1.29 is 29.0 Å². The highest BCUT2D eigenvalue weighted by molar-refractivity contribution is 6.46. The van der Waals surface area contributed by atoms with Crippen LogP contribution in [0.3, 0.4) is 0 Å². The third-order valence-electron chi connectivity index (χ3n) is 6.97. The molecule has 0 unspecified atom stereocenters. The fourth-order valence-electron chi connectivity index (χ4n) is 5.04. The molecule has 0 saturated carbocycles. The standard InChI is InChI=1S/C27H33N3O6/c1-16-6-8-19(9-7-16)23-21(24(31)20-17(2)22(27(34)35-4)28-18(20)3)25(32)26(33)30(23)11-5-10-29-12-14-36-15-13-29/h6-9,23,28,31H,5,10-15H2,1-4H3/t23-/m0/s1. The molecule has 0 bridgehead atoms. The van der Waals surface area contributed by atoms with Gasteiger partial charge in [0.1, 0.15) is 11.5 Å². The molecule has 192 valence electrons. The zero-order valence-electron chi connectivity index (χ0n) is 21.2. The number of hydrogen-bond acceptors (Lipinski definition) is 7. The van der Waals surface area contributed by atoms with Gasteiger partial charge in [-0.2, -0.15) is 0 Å². The Bertz CT molecular complexity index is 1190. The Morgan fingerprint density at radius 3 is 2.42 bits per heavy atom. The minimum absolute atomic E-state index is 0.0249. The molecule has 0 radical (unpaired) electrons. The Kier molecular flexibility index (Phi) is 7.61. The Hall–Kier alpha value is -3.43. The molecule has 2 saturated heterocycles. The highest BCUT2D eigenvalue weighted by Crippen LogP contribution is 2.41. The van der Waals surface area contributed by atoms with Crippen molar-refractivity contribution in [2.75, 3.05) is 46.5 Å². The van der Waals surface area contributed by atoms with Gasteiger partial charge in [-0.3, -0.25) is 14.5 Å². The van der Waals surface area contributed by atoms with Crippen LogP contribution >= 0.6 is 0 Å². The van der Waals surface area contributed by atoms with Crippen molar-refractivity contribution in [1.29, 1.82) is 0 Å². The average molecular weight is 496 g/mol. The van der Waals surface area contributed by atoms with E-state index < -0.39 is 23.7 Å². The van der Waals surface area contributed by atoms with Crippen molar-refractivity contribution in [2.24, 2.45) is 0 Å². The van der Waals surface area contributed by atoms with E-state index in [0.29, 0.717) is 43.0 Å². The molecular formula is C27H33N3O6. The van der Waals surface area contributed by atoms with Crippen LogP contribution in [0.1, 0.15) is 50.9 Å². The number of ether oxygens (including phenoxy) is 2. The van der Waals surface area contributed by atoms with Crippen LogP contribution in [0.25, 0.3) is 5.76 Å². The number of methoxy groups -OCH3 is 1. The number of aliphatic hydroxyl groups is 1. The highest BCUT2D eigenvalue weighted by atomic mass is 16.5. The van der Waals surface area contributed by atoms with Gasteiger partial charge in [-0.05, 0) is 38.3 Å². The lowest BCUT2D eigenvalue weighted by atomic mass is 9.93. The number of aromatic nitrogens is 1. The molecule has 4 rings (SSSR count). The first-order valence-corrected chi connectivity index (χ1v) is 12.2. The average Bonchev–Trinajstić information content (AvgIpc) is 3.31. The number of amides is 1. The molecule has 1 aromatic carbocycles. The van der Waals surface area contributed by atoms with Crippen molar-refractivity contribution in [3.05, 3.63) is 63.5 Å². The summed E-state index contributed by atoms with van der Waals surface area (Å²) < 4.78 is 10.2. The maximum Gasteiger partial charge on any atom is 0.354 e. The van der Waals surface area contributed by atoms with Gasteiger partial charge in [-0.1, -0.05) is 29.8 Å². The van der Waals surface area contributed by atoms with E-state index in [1.807, 2.05) is 31.2 Å². The first kappa shape index (κ1) is 25.7. The smallest absolute Gasteiger partial charge is 0.354 e. The summed E-state index contributed by atoms with van der Waals surface area (Å²) in [6.45, 7) is 9.56. The second-order valence-corrected chi connectivity index (χ2v) is 9.33. The molecule has 1 atom stereocenters. The summed E-state index contributed by atoms with van der Waals surface area (Å²) in [6, 6.07) is 6.87. The number of esters is 1. The lowest BCUT2D eigenvalue weighted by Crippen LogP contribution is -2.38. The molecule has 2 aromatic rings. The van der Waals surface area contributed by atoms with Crippen LogP contribution in [0.4, 0.5) is 0 Å². The quantitative estimate of drug-likeness (QED) is 0.263. The van der Waals surface area contributed by atoms with E-state index in [4.69, 9.17) is 9.47 Å². The largest absolute Gasteiger partial charge is 0.507 e. The minimum atomic E-state index is -0.732. The Morgan fingerprint density at radius 2 is 1.78 bits per heavy atom. The molecule has 1 amide bonds. The van der Waals surface area contributed by atoms with Crippen molar-refractivity contribution in [3.8, 4) is 0 Å². The summed E-state index contributed by atoms with van der Waals surface area (Å²) in [5.74, 6) is -2.24. The van der Waals surface area contributed by atoms with E-state index in [-0.39, 0.29) is 17.0 Å². The van der Waals surface area contributed by atoms with E-state index in [1.165, 1.54) is 7.11 Å². The van der Waals surface area contributed by atoms with Gasteiger partial charge >= 0.3 is 5.97 Å². The van der Waals surface area contributed by atoms with Gasteiger partial charge in [0.2, 0.25) is 0 Å². The van der Waals surface area contributed by atoms with Crippen LogP contribution in [-0.4, -0.2) is 84.1 Å². The summed E-state index contributed by atoms with van der Waals surface area (Å²) in [7, 11) is 1.28. The van der Waals surface area contributed by atoms with Crippen molar-refractivity contribution >= 4 is 23.4 Å². The van der Waals surface area contributed by atoms with Gasteiger partial charge in [-0.15, -0.1) is 0 Å². The number of carbonyl (C=O) groups excluding carboxylic acids is 3. The zero-order chi connectivity index (χ0) is 26.0. The van der Waals surface area contributed by atoms with Gasteiger partial charge in [-0.25, -0.2) is 4.79 Å². The summed E-state index contributed by atoms with van der Waals surface area (Å²) in [4.78, 5) is 45.5. The molecule has 9 heteroatoms. The number of morpholine rings is 1. The van der Waals surface area contributed by atoms with Crippen LogP contribution in [0.15, 0.2) is 29.8 Å². The number of aromatic amines is 1. The number of benzene rings is 1. The molecule has 2 fully saturated rings. The van der Waals surface area contributed by atoms with Crippen LogP contribution in [0.2, 0.25) is 0 Å². The third kappa shape index (κ3) is 4.81. The van der Waals surface area contributed by atoms with Gasteiger partial charge in [0.05, 0.1) is 31.9 Å². The number of ketones is 1. The predicted octanol–water partition coefficient (Wildman–Crippen LogP) is 2.87. The highest BCUT2D eigenvalue weighted by Gasteiger charge is 2.46. The number of aliphatic hydroxyl groups excluding tert-OH is 1. The first-order chi connectivity index (χ1) is 17.2. The topological polar surface area (TPSA) is 112 Å². The minimum Gasteiger partial charge on any atom is -0.507 e. The first-order valence-electron chi connectivity index (χ1n) is 12.2. The summed E-state index contributed by atoms with van der Waals surface area (Å²) in [5, 5.41) is 11.5. The molecule has 2 N–H and O–H groups in total. The monoisotopic (exact) mass is 495 g/mol. The zero-order valence-corrected chi connectivity index (χ0v) is 21.2. The van der Waals surface area contributed by atoms with Crippen LogP contribution in [0, 0.1) is 20.8 Å². The van der Waals surface area contributed by atoms with Crippen molar-refractivity contribution in [3.63, 3.8) is 0 Å². The summed E-state index contributed by atoms with van der Waals surface area (Å²) in [6.07, 6.45) is 0.685. The number of Topliss-reactive ketones (excluding diaryl/α,β-unsaturated/α-hetero) is 1. The Morgan fingerprint density at radius 1 is 1.11 bits per heavy atom. The lowest BCUT2D eigenvalue weighted by molar-refractivity contribution is -0.140. The number of aryl methyl sites for hydroxylation is 2. The number of nitrogens with one attached hydrogen (secondary N) is 1. The Labute approximate surface area is 210 Å². The van der Waals surface area contributed by atoms with E-state index in [0.717, 1.165) is 30.8 Å². The number of H-pyrrole nitrogens is 1. The number of rotatable bonds is 7. The molecule has 1 aromatic heterocycles. The normalized spacial score (nSPS) is 20.2.